The van der Waals surface area contributed by atoms with Crippen LogP contribution in [0.5, 0.6) is 0 Å². The van der Waals surface area contributed by atoms with Gasteiger partial charge in [0, 0.05) is 23.8 Å². The van der Waals surface area contributed by atoms with Crippen molar-refractivity contribution < 1.29 is 18.7 Å². The quantitative estimate of drug-likeness (QED) is 0.598. The summed E-state index contributed by atoms with van der Waals surface area (Å²) in [4.78, 5) is 27.1. The maximum Gasteiger partial charge on any atom is 0.330 e. The number of hydrogen-bond acceptors (Lipinski definition) is 5. The number of benzene rings is 2. The van der Waals surface area contributed by atoms with Crippen LogP contribution >= 0.6 is 11.8 Å². The predicted molar refractivity (Wildman–Crippen MR) is 110 cm³/mol. The van der Waals surface area contributed by atoms with E-state index in [0.29, 0.717) is 11.5 Å². The number of furan rings is 1. The van der Waals surface area contributed by atoms with E-state index >= 15 is 0 Å². The standard InChI is InChI=1S/C23H19NO4S/c1-14(25)24-19(13-29-22(24)20-11-6-12-27-20)23(26)28-21-17-9-4-2-7-15(17)16-8-3-5-10-18(16)21/h2-12,19,21-22H,13H2,1H3/t19-,22+/m0/s1. The molecule has 0 unspecified atom stereocenters. The van der Waals surface area contributed by atoms with E-state index in [1.165, 1.54) is 18.7 Å². The van der Waals surface area contributed by atoms with Crippen LogP contribution in [0, 0.1) is 0 Å². The number of hydrogen-bond donors (Lipinski definition) is 0. The molecule has 0 radical (unpaired) electrons. The first-order chi connectivity index (χ1) is 14.1. The summed E-state index contributed by atoms with van der Waals surface area (Å²) >= 11 is 1.51. The number of nitrogens with zero attached hydrogens (tertiary/aromatic N) is 1. The molecule has 1 amide bonds. The first kappa shape index (κ1) is 18.1. The molecule has 2 atom stereocenters. The lowest BCUT2D eigenvalue weighted by Gasteiger charge is -2.27. The van der Waals surface area contributed by atoms with Crippen LogP contribution < -0.4 is 0 Å². The second kappa shape index (κ2) is 7.12. The lowest BCUT2D eigenvalue weighted by atomic mass is 10.1. The number of amides is 1. The number of carbonyl (C=O) groups excluding carboxylic acids is 2. The third kappa shape index (κ3) is 2.95. The Balaban J connectivity index is 1.44. The maximum atomic E-state index is 13.2. The summed E-state index contributed by atoms with van der Waals surface area (Å²) in [5.74, 6) is 0.570. The molecule has 2 heterocycles. The van der Waals surface area contributed by atoms with Crippen LogP contribution in [-0.2, 0) is 14.3 Å². The van der Waals surface area contributed by atoms with E-state index < -0.39 is 18.1 Å². The number of esters is 1. The van der Waals surface area contributed by atoms with Gasteiger partial charge < -0.3 is 14.1 Å². The van der Waals surface area contributed by atoms with Gasteiger partial charge in [-0.05, 0) is 23.3 Å². The zero-order valence-corrected chi connectivity index (χ0v) is 16.6. The highest BCUT2D eigenvalue weighted by Gasteiger charge is 2.44. The molecular formula is C23H19NO4S. The van der Waals surface area contributed by atoms with Gasteiger partial charge in [-0.2, -0.15) is 0 Å². The van der Waals surface area contributed by atoms with E-state index in [1.807, 2.05) is 54.6 Å². The summed E-state index contributed by atoms with van der Waals surface area (Å²) in [5, 5.41) is -0.316. The fourth-order valence-corrected chi connectivity index (χ4v) is 5.57. The first-order valence-electron chi connectivity index (χ1n) is 9.48. The van der Waals surface area contributed by atoms with Crippen LogP contribution in [0.25, 0.3) is 11.1 Å². The average molecular weight is 405 g/mol. The zero-order valence-electron chi connectivity index (χ0n) is 15.8. The Morgan fingerprint density at radius 1 is 1.00 bits per heavy atom. The van der Waals surface area contributed by atoms with Gasteiger partial charge in [-0.3, -0.25) is 4.79 Å². The second-order valence-electron chi connectivity index (χ2n) is 7.13. The SMILES string of the molecule is CC(=O)N1[C@@H](c2ccco2)SC[C@H]1C(=O)OC1c2ccccc2-c2ccccc21. The van der Waals surface area contributed by atoms with Crippen molar-refractivity contribution in [2.24, 2.45) is 0 Å². The van der Waals surface area contributed by atoms with Crippen molar-refractivity contribution in [3.63, 3.8) is 0 Å². The highest BCUT2D eigenvalue weighted by atomic mass is 32.2. The van der Waals surface area contributed by atoms with E-state index in [0.717, 1.165) is 22.3 Å². The monoisotopic (exact) mass is 405 g/mol. The van der Waals surface area contributed by atoms with Crippen LogP contribution in [0.3, 0.4) is 0 Å². The third-order valence-corrected chi connectivity index (χ3v) is 6.72. The Morgan fingerprint density at radius 3 is 2.24 bits per heavy atom. The molecule has 0 spiro atoms. The van der Waals surface area contributed by atoms with Crippen molar-refractivity contribution in [1.29, 1.82) is 0 Å². The second-order valence-corrected chi connectivity index (χ2v) is 8.25. The molecule has 1 fully saturated rings. The Hall–Kier alpha value is -2.99. The summed E-state index contributed by atoms with van der Waals surface area (Å²) in [6.07, 6.45) is 1.11. The van der Waals surface area contributed by atoms with Crippen LogP contribution in [0.15, 0.2) is 71.3 Å². The predicted octanol–water partition coefficient (Wildman–Crippen LogP) is 4.56. The molecule has 2 aliphatic rings. The van der Waals surface area contributed by atoms with Gasteiger partial charge in [0.05, 0.1) is 6.26 Å². The molecule has 1 aromatic heterocycles. The summed E-state index contributed by atoms with van der Waals surface area (Å²) < 4.78 is 11.5. The Bertz CT molecular complexity index is 1030. The Morgan fingerprint density at radius 2 is 1.66 bits per heavy atom. The molecule has 29 heavy (non-hydrogen) atoms. The van der Waals surface area contributed by atoms with Crippen molar-refractivity contribution in [2.45, 2.75) is 24.4 Å². The summed E-state index contributed by atoms with van der Waals surface area (Å²) in [6.45, 7) is 1.47. The van der Waals surface area contributed by atoms with Crippen LogP contribution in [0.4, 0.5) is 0 Å². The first-order valence-corrected chi connectivity index (χ1v) is 10.5. The highest BCUT2D eigenvalue weighted by molar-refractivity contribution is 7.99. The number of ether oxygens (including phenoxy) is 1. The largest absolute Gasteiger partial charge is 0.466 e. The molecule has 1 aliphatic carbocycles. The molecular weight excluding hydrogens is 386 g/mol. The van der Waals surface area contributed by atoms with Crippen LogP contribution in [-0.4, -0.2) is 28.6 Å². The lowest BCUT2D eigenvalue weighted by Crippen LogP contribution is -2.43. The molecule has 5 rings (SSSR count). The van der Waals surface area contributed by atoms with Gasteiger partial charge in [0.25, 0.3) is 0 Å². The molecule has 3 aromatic rings. The molecule has 5 nitrogen and oxygen atoms in total. The number of fused-ring (bicyclic) bond motifs is 3. The summed E-state index contributed by atoms with van der Waals surface area (Å²) in [5.41, 5.74) is 4.12. The molecule has 0 saturated carbocycles. The van der Waals surface area contributed by atoms with Crippen LogP contribution in [0.2, 0.25) is 0 Å². The van der Waals surface area contributed by atoms with Gasteiger partial charge in [-0.1, -0.05) is 48.5 Å². The number of carbonyl (C=O) groups is 2. The van der Waals surface area contributed by atoms with Gasteiger partial charge in [0.2, 0.25) is 5.91 Å². The summed E-state index contributed by atoms with van der Waals surface area (Å²) in [6, 6.07) is 18.9. The van der Waals surface area contributed by atoms with Gasteiger partial charge >= 0.3 is 5.97 Å². The smallest absolute Gasteiger partial charge is 0.330 e. The van der Waals surface area contributed by atoms with Crippen molar-refractivity contribution in [3.8, 4) is 11.1 Å². The van der Waals surface area contributed by atoms with Crippen molar-refractivity contribution in [3.05, 3.63) is 83.8 Å². The van der Waals surface area contributed by atoms with E-state index in [9.17, 15) is 9.59 Å². The maximum absolute atomic E-state index is 13.2. The Labute approximate surface area is 172 Å². The number of thioether (sulfide) groups is 1. The average Bonchev–Trinajstić information content (AvgIpc) is 3.46. The minimum atomic E-state index is -0.646. The number of rotatable bonds is 3. The fraction of sp³-hybridized carbons (Fsp3) is 0.217. The van der Waals surface area contributed by atoms with E-state index in [4.69, 9.17) is 9.15 Å². The van der Waals surface area contributed by atoms with Gasteiger partial charge in [0.1, 0.15) is 17.2 Å². The zero-order chi connectivity index (χ0) is 20.0. The fourth-order valence-electron chi connectivity index (χ4n) is 4.15. The van der Waals surface area contributed by atoms with Gasteiger partial charge in [-0.15, -0.1) is 11.8 Å². The minimum absolute atomic E-state index is 0.175. The molecule has 6 heteroatoms. The normalized spacial score (nSPS) is 20.4. The van der Waals surface area contributed by atoms with E-state index in [-0.39, 0.29) is 11.3 Å². The third-order valence-electron chi connectivity index (χ3n) is 5.43. The minimum Gasteiger partial charge on any atom is -0.466 e. The van der Waals surface area contributed by atoms with Crippen LogP contribution in [0.1, 0.15) is 35.3 Å². The van der Waals surface area contributed by atoms with Crippen molar-refractivity contribution in [1.82, 2.24) is 4.90 Å². The molecule has 1 aliphatic heterocycles. The molecule has 1 saturated heterocycles. The molecule has 2 aromatic carbocycles. The van der Waals surface area contributed by atoms with Crippen molar-refractivity contribution in [2.75, 3.05) is 5.75 Å². The van der Waals surface area contributed by atoms with Crippen molar-refractivity contribution >= 4 is 23.6 Å². The Kier molecular flexibility index (Phi) is 4.43. The van der Waals surface area contributed by atoms with E-state index in [1.54, 1.807) is 17.2 Å². The highest BCUT2D eigenvalue weighted by Crippen LogP contribution is 2.47. The molecule has 146 valence electrons. The van der Waals surface area contributed by atoms with Gasteiger partial charge in [-0.25, -0.2) is 4.79 Å². The van der Waals surface area contributed by atoms with E-state index in [2.05, 4.69) is 0 Å². The topological polar surface area (TPSA) is 59.8 Å². The van der Waals surface area contributed by atoms with Gasteiger partial charge in [0.15, 0.2) is 6.10 Å². The summed E-state index contributed by atoms with van der Waals surface area (Å²) in [7, 11) is 0. The lowest BCUT2D eigenvalue weighted by molar-refractivity contribution is -0.156. The molecule has 0 bridgehead atoms. The molecule has 0 N–H and O–H groups in total.